The van der Waals surface area contributed by atoms with E-state index in [1.807, 2.05) is 50.1 Å². The van der Waals surface area contributed by atoms with E-state index in [2.05, 4.69) is 16.1 Å². The van der Waals surface area contributed by atoms with Crippen LogP contribution in [-0.2, 0) is 20.7 Å². The molecule has 2 unspecified atom stereocenters. The molecule has 3 aromatic heterocycles. The fourth-order valence-corrected chi connectivity index (χ4v) is 5.11. The van der Waals surface area contributed by atoms with Crippen LogP contribution in [-0.4, -0.2) is 69.4 Å². The fraction of sp³-hybridized carbons (Fsp3) is 0.444. The summed E-state index contributed by atoms with van der Waals surface area (Å²) < 4.78 is 12.0. The smallest absolute Gasteiger partial charge is 0.410 e. The number of carbonyl (C=O) groups excluding carboxylic acids is 2. The van der Waals surface area contributed by atoms with Gasteiger partial charge in [-0.1, -0.05) is 0 Å². The monoisotopic (exact) mass is 502 g/mol. The highest BCUT2D eigenvalue weighted by atomic mass is 16.6. The lowest BCUT2D eigenvalue weighted by molar-refractivity contribution is -0.140. The van der Waals surface area contributed by atoms with Crippen LogP contribution in [0.3, 0.4) is 0 Å². The van der Waals surface area contributed by atoms with Crippen LogP contribution in [0.1, 0.15) is 44.7 Å². The Hall–Kier alpha value is -4.13. The Morgan fingerprint density at radius 3 is 2.57 bits per heavy atom. The Bertz CT molecular complexity index is 1370. The summed E-state index contributed by atoms with van der Waals surface area (Å²) in [4.78, 5) is 33.0. The zero-order chi connectivity index (χ0) is 26.3. The van der Waals surface area contributed by atoms with E-state index in [9.17, 15) is 14.9 Å². The molecule has 3 aliphatic heterocycles. The van der Waals surface area contributed by atoms with E-state index < -0.39 is 5.60 Å². The summed E-state index contributed by atoms with van der Waals surface area (Å²) in [6, 6.07) is 8.38. The van der Waals surface area contributed by atoms with Crippen LogP contribution in [0.5, 0.6) is 0 Å². The van der Waals surface area contributed by atoms with Gasteiger partial charge in [-0.05, 0) is 57.4 Å². The Labute approximate surface area is 215 Å². The Morgan fingerprint density at radius 1 is 1.19 bits per heavy atom. The van der Waals surface area contributed by atoms with E-state index in [0.29, 0.717) is 30.6 Å². The molecule has 0 aromatic carbocycles. The number of rotatable bonds is 5. The number of nitrogens with zero attached hydrogens (tertiary/aromatic N) is 6. The van der Waals surface area contributed by atoms with Gasteiger partial charge in [0.15, 0.2) is 0 Å². The van der Waals surface area contributed by atoms with Crippen molar-refractivity contribution in [2.45, 2.75) is 57.7 Å². The molecule has 0 saturated carbocycles. The number of anilines is 1. The molecule has 0 N–H and O–H groups in total. The van der Waals surface area contributed by atoms with Gasteiger partial charge in [-0.25, -0.2) is 14.3 Å². The van der Waals surface area contributed by atoms with Gasteiger partial charge in [0.1, 0.15) is 17.5 Å². The van der Waals surface area contributed by atoms with Gasteiger partial charge in [-0.2, -0.15) is 10.4 Å². The fourth-order valence-electron chi connectivity index (χ4n) is 5.11. The van der Waals surface area contributed by atoms with Gasteiger partial charge in [0.05, 0.1) is 36.5 Å². The van der Waals surface area contributed by atoms with Gasteiger partial charge in [0.25, 0.3) is 0 Å². The molecule has 37 heavy (non-hydrogen) atoms. The number of piperidine rings is 1. The summed E-state index contributed by atoms with van der Waals surface area (Å²) in [5.41, 5.74) is 3.24. The number of piperazine rings is 1. The third-order valence-corrected chi connectivity index (χ3v) is 6.81. The topological polar surface area (TPSA) is 113 Å². The number of pyridine rings is 2. The highest BCUT2D eigenvalue weighted by molar-refractivity contribution is 5.85. The van der Waals surface area contributed by atoms with Crippen LogP contribution in [0.2, 0.25) is 0 Å². The first-order valence-corrected chi connectivity index (χ1v) is 12.4. The van der Waals surface area contributed by atoms with Gasteiger partial charge in [-0.15, -0.1) is 0 Å². The lowest BCUT2D eigenvalue weighted by Gasteiger charge is -2.56. The third-order valence-electron chi connectivity index (χ3n) is 6.81. The summed E-state index contributed by atoms with van der Waals surface area (Å²) in [6.07, 6.45) is 6.65. The number of carbonyl (C=O) groups is 2. The van der Waals surface area contributed by atoms with Crippen molar-refractivity contribution in [3.05, 3.63) is 47.9 Å². The lowest BCUT2D eigenvalue weighted by atomic mass is 9.88. The first kappa shape index (κ1) is 24.6. The molecular formula is C27H30N6O4. The molecule has 2 atom stereocenters. The number of ether oxygens (including phenoxy) is 2. The average molecular weight is 503 g/mol. The molecule has 0 aliphatic carbocycles. The largest absolute Gasteiger partial charge is 0.469 e. The Balaban J connectivity index is 1.36. The number of esters is 1. The quantitative estimate of drug-likeness (QED) is 0.487. The van der Waals surface area contributed by atoms with E-state index >= 15 is 0 Å². The zero-order valence-corrected chi connectivity index (χ0v) is 21.5. The number of nitriles is 1. The number of aryl methyl sites for hydroxylation is 1. The summed E-state index contributed by atoms with van der Waals surface area (Å²) in [5.74, 6) is 0.560. The van der Waals surface area contributed by atoms with Gasteiger partial charge in [-0.3, -0.25) is 9.69 Å². The normalized spacial score (nSPS) is 18.8. The molecule has 6 rings (SSSR count). The van der Waals surface area contributed by atoms with E-state index in [-0.39, 0.29) is 30.6 Å². The maximum Gasteiger partial charge on any atom is 0.410 e. The van der Waals surface area contributed by atoms with Crippen molar-refractivity contribution in [1.82, 2.24) is 19.5 Å². The highest BCUT2D eigenvalue weighted by Crippen LogP contribution is 2.36. The van der Waals surface area contributed by atoms with Gasteiger partial charge in [0, 0.05) is 43.0 Å². The molecule has 192 valence electrons. The average Bonchev–Trinajstić information content (AvgIpc) is 3.29. The zero-order valence-electron chi connectivity index (χ0n) is 21.5. The van der Waals surface area contributed by atoms with Crippen LogP contribution in [0.25, 0.3) is 16.6 Å². The molecular weight excluding hydrogens is 472 g/mol. The predicted octanol–water partition coefficient (Wildman–Crippen LogP) is 3.57. The molecule has 0 spiro atoms. The number of fused-ring (bicyclic) bond motifs is 3. The van der Waals surface area contributed by atoms with Crippen molar-refractivity contribution in [1.29, 1.82) is 5.26 Å². The molecule has 3 saturated heterocycles. The van der Waals surface area contributed by atoms with Crippen molar-refractivity contribution in [3.8, 4) is 17.2 Å². The highest BCUT2D eigenvalue weighted by Gasteiger charge is 2.49. The molecule has 3 fully saturated rings. The van der Waals surface area contributed by atoms with Crippen LogP contribution in [0, 0.1) is 11.3 Å². The Morgan fingerprint density at radius 2 is 1.95 bits per heavy atom. The summed E-state index contributed by atoms with van der Waals surface area (Å²) >= 11 is 0. The SMILES string of the molecule is COC(=O)CCc1cc(-c2ccc(N3CC4CC(C3)N4C(=O)OC(C)(C)C)nc2)c2c(C#N)cnn2c1. The van der Waals surface area contributed by atoms with Gasteiger partial charge in [0.2, 0.25) is 0 Å². The molecule has 10 heteroatoms. The molecule has 1 amide bonds. The number of hydrogen-bond donors (Lipinski definition) is 0. The first-order valence-electron chi connectivity index (χ1n) is 12.4. The van der Waals surface area contributed by atoms with Crippen LogP contribution >= 0.6 is 0 Å². The van der Waals surface area contributed by atoms with Crippen molar-refractivity contribution < 1.29 is 19.1 Å². The molecule has 3 aliphatic rings. The molecule has 6 heterocycles. The molecule has 0 radical (unpaired) electrons. The molecule has 2 bridgehead atoms. The Kier molecular flexibility index (Phi) is 6.23. The minimum Gasteiger partial charge on any atom is -0.469 e. The van der Waals surface area contributed by atoms with Crippen LogP contribution in [0.15, 0.2) is 36.8 Å². The van der Waals surface area contributed by atoms with Crippen molar-refractivity contribution >= 4 is 23.4 Å². The third kappa shape index (κ3) is 4.81. The second-order valence-corrected chi connectivity index (χ2v) is 10.5. The molecule has 10 nitrogen and oxygen atoms in total. The maximum atomic E-state index is 12.6. The minimum atomic E-state index is -0.513. The van der Waals surface area contributed by atoms with E-state index in [1.54, 1.807) is 16.9 Å². The van der Waals surface area contributed by atoms with Gasteiger partial charge >= 0.3 is 12.1 Å². The molecule has 3 aromatic rings. The standard InChI is InChI=1S/C27H30N6O4/c1-27(2,3)37-26(35)33-20-10-21(33)16-31(15-20)23-7-6-18(12-29-23)22-9-17(5-8-24(34)36-4)14-32-25(22)19(11-28)13-30-32/h6-7,9,12-14,20-21H,5,8,10,15-16H2,1-4H3. The number of aromatic nitrogens is 3. The lowest BCUT2D eigenvalue weighted by Crippen LogP contribution is -2.70. The maximum absolute atomic E-state index is 12.6. The second-order valence-electron chi connectivity index (χ2n) is 10.5. The van der Waals surface area contributed by atoms with Crippen molar-refractivity contribution in [3.63, 3.8) is 0 Å². The number of amides is 1. The predicted molar refractivity (Wildman–Crippen MR) is 136 cm³/mol. The second kappa shape index (κ2) is 9.39. The van der Waals surface area contributed by atoms with Gasteiger partial charge < -0.3 is 14.4 Å². The number of hydrogen-bond acceptors (Lipinski definition) is 8. The minimum absolute atomic E-state index is 0.117. The van der Waals surface area contributed by atoms with Crippen LogP contribution in [0.4, 0.5) is 10.6 Å². The summed E-state index contributed by atoms with van der Waals surface area (Å²) in [6.45, 7) is 7.05. The van der Waals surface area contributed by atoms with Crippen molar-refractivity contribution in [2.24, 2.45) is 0 Å². The van der Waals surface area contributed by atoms with E-state index in [1.165, 1.54) is 7.11 Å². The summed E-state index contributed by atoms with van der Waals surface area (Å²) in [5, 5.41) is 14.0. The van der Waals surface area contributed by atoms with E-state index in [4.69, 9.17) is 14.5 Å². The summed E-state index contributed by atoms with van der Waals surface area (Å²) in [7, 11) is 1.37. The first-order chi connectivity index (χ1) is 17.7. The van der Waals surface area contributed by atoms with E-state index in [0.717, 1.165) is 28.9 Å². The van der Waals surface area contributed by atoms with Crippen LogP contribution < -0.4 is 4.90 Å². The van der Waals surface area contributed by atoms with Crippen molar-refractivity contribution in [2.75, 3.05) is 25.1 Å². The number of methoxy groups -OCH3 is 1.